The highest BCUT2D eigenvalue weighted by molar-refractivity contribution is 5.99. The molecule has 3 aromatic carbocycles. The van der Waals surface area contributed by atoms with Gasteiger partial charge in [-0.1, -0.05) is 66.2 Å². The second-order valence-electron chi connectivity index (χ2n) is 6.92. The number of rotatable bonds is 5. The Labute approximate surface area is 172 Å². The standard InChI is InChI=1S/C25H18O5/c1-16-7-12-23-20(13-16)21(26)14-24(30-23)25(28)29-15-22(27)19-10-8-18(9-11-19)17-5-3-2-4-6-17/h2-14H,15H2,1H3. The zero-order chi connectivity index (χ0) is 21.1. The number of ether oxygens (including phenoxy) is 1. The number of hydrogen-bond acceptors (Lipinski definition) is 5. The highest BCUT2D eigenvalue weighted by atomic mass is 16.5. The van der Waals surface area contributed by atoms with Crippen molar-refractivity contribution >= 4 is 22.7 Å². The summed E-state index contributed by atoms with van der Waals surface area (Å²) in [7, 11) is 0. The first-order chi connectivity index (χ1) is 14.5. The lowest BCUT2D eigenvalue weighted by Crippen LogP contribution is -2.16. The first kappa shape index (κ1) is 19.3. The summed E-state index contributed by atoms with van der Waals surface area (Å²) in [4.78, 5) is 36.9. The zero-order valence-electron chi connectivity index (χ0n) is 16.3. The Balaban J connectivity index is 1.45. The summed E-state index contributed by atoms with van der Waals surface area (Å²) >= 11 is 0. The van der Waals surface area contributed by atoms with Gasteiger partial charge in [0.05, 0.1) is 5.39 Å². The molecule has 4 aromatic rings. The summed E-state index contributed by atoms with van der Waals surface area (Å²) in [5.41, 5.74) is 3.33. The SMILES string of the molecule is Cc1ccc2oc(C(=O)OCC(=O)c3ccc(-c4ccccc4)cc3)cc(=O)c2c1. The third kappa shape index (κ3) is 4.05. The van der Waals surface area contributed by atoms with Crippen LogP contribution in [0.2, 0.25) is 0 Å². The van der Waals surface area contributed by atoms with Gasteiger partial charge in [-0.25, -0.2) is 4.79 Å². The van der Waals surface area contributed by atoms with Crippen molar-refractivity contribution in [3.63, 3.8) is 0 Å². The van der Waals surface area contributed by atoms with Gasteiger partial charge in [-0.3, -0.25) is 9.59 Å². The van der Waals surface area contributed by atoms with E-state index in [-0.39, 0.29) is 17.0 Å². The van der Waals surface area contributed by atoms with Crippen LogP contribution in [0, 0.1) is 6.92 Å². The number of carbonyl (C=O) groups excluding carboxylic acids is 2. The van der Waals surface area contributed by atoms with E-state index in [0.717, 1.165) is 22.8 Å². The normalized spacial score (nSPS) is 10.7. The second-order valence-corrected chi connectivity index (χ2v) is 6.92. The number of ketones is 1. The van der Waals surface area contributed by atoms with Gasteiger partial charge in [0.1, 0.15) is 5.58 Å². The summed E-state index contributed by atoms with van der Waals surface area (Å²) < 4.78 is 10.5. The monoisotopic (exact) mass is 398 g/mol. The van der Waals surface area contributed by atoms with Crippen LogP contribution in [0.15, 0.2) is 88.1 Å². The van der Waals surface area contributed by atoms with E-state index in [1.54, 1.807) is 30.3 Å². The second kappa shape index (κ2) is 8.17. The maximum absolute atomic E-state index is 12.4. The summed E-state index contributed by atoms with van der Waals surface area (Å²) in [6, 6.07) is 23.0. The Bertz CT molecular complexity index is 1280. The van der Waals surface area contributed by atoms with Gasteiger partial charge in [0.2, 0.25) is 5.76 Å². The molecule has 0 fully saturated rings. The average molecular weight is 398 g/mol. The zero-order valence-corrected chi connectivity index (χ0v) is 16.3. The van der Waals surface area contributed by atoms with E-state index in [1.807, 2.05) is 49.4 Å². The molecule has 30 heavy (non-hydrogen) atoms. The number of esters is 1. The minimum absolute atomic E-state index is 0.233. The van der Waals surface area contributed by atoms with Crippen molar-refractivity contribution < 1.29 is 18.7 Å². The molecule has 0 aliphatic heterocycles. The van der Waals surface area contributed by atoms with Crippen molar-refractivity contribution in [2.75, 3.05) is 6.61 Å². The summed E-state index contributed by atoms with van der Waals surface area (Å²) in [6.07, 6.45) is 0. The summed E-state index contributed by atoms with van der Waals surface area (Å²) in [5, 5.41) is 0.390. The molecule has 0 saturated carbocycles. The van der Waals surface area contributed by atoms with Gasteiger partial charge >= 0.3 is 5.97 Å². The molecular weight excluding hydrogens is 380 g/mol. The fourth-order valence-corrected chi connectivity index (χ4v) is 3.14. The molecule has 0 atom stereocenters. The van der Waals surface area contributed by atoms with E-state index in [1.165, 1.54) is 0 Å². The quantitative estimate of drug-likeness (QED) is 0.356. The van der Waals surface area contributed by atoms with E-state index in [2.05, 4.69) is 0 Å². The maximum atomic E-state index is 12.4. The van der Waals surface area contributed by atoms with Crippen LogP contribution in [0.1, 0.15) is 26.5 Å². The molecule has 0 saturated heterocycles. The molecule has 1 heterocycles. The molecule has 0 bridgehead atoms. The highest BCUT2D eigenvalue weighted by Crippen LogP contribution is 2.19. The fourth-order valence-electron chi connectivity index (χ4n) is 3.14. The van der Waals surface area contributed by atoms with Gasteiger partial charge in [0.25, 0.3) is 0 Å². The fraction of sp³-hybridized carbons (Fsp3) is 0.0800. The Morgan fingerprint density at radius 2 is 1.57 bits per heavy atom. The predicted octanol–water partition coefficient (Wildman–Crippen LogP) is 4.81. The van der Waals surface area contributed by atoms with Crippen LogP contribution < -0.4 is 5.43 Å². The van der Waals surface area contributed by atoms with Crippen LogP contribution in [-0.4, -0.2) is 18.4 Å². The minimum Gasteiger partial charge on any atom is -0.451 e. The molecule has 4 rings (SSSR count). The van der Waals surface area contributed by atoms with Gasteiger partial charge in [-0.15, -0.1) is 0 Å². The van der Waals surface area contributed by atoms with Crippen LogP contribution in [0.5, 0.6) is 0 Å². The van der Waals surface area contributed by atoms with Crippen LogP contribution in [0.25, 0.3) is 22.1 Å². The van der Waals surface area contributed by atoms with E-state index >= 15 is 0 Å². The van der Waals surface area contributed by atoms with Gasteiger partial charge in [-0.2, -0.15) is 0 Å². The molecule has 0 amide bonds. The van der Waals surface area contributed by atoms with Crippen molar-refractivity contribution in [1.29, 1.82) is 0 Å². The molecule has 0 N–H and O–H groups in total. The summed E-state index contributed by atoms with van der Waals surface area (Å²) in [5.74, 6) is -1.44. The Morgan fingerprint density at radius 3 is 2.30 bits per heavy atom. The molecule has 0 spiro atoms. The van der Waals surface area contributed by atoms with Gasteiger partial charge in [0, 0.05) is 11.6 Å². The highest BCUT2D eigenvalue weighted by Gasteiger charge is 2.16. The number of Topliss-reactive ketones (excluding diaryl/α,β-unsaturated/α-hetero) is 1. The molecule has 1 aromatic heterocycles. The molecule has 0 unspecified atom stereocenters. The van der Waals surface area contributed by atoms with Crippen LogP contribution in [-0.2, 0) is 4.74 Å². The predicted molar refractivity (Wildman–Crippen MR) is 114 cm³/mol. The van der Waals surface area contributed by atoms with E-state index < -0.39 is 12.6 Å². The number of aryl methyl sites for hydroxylation is 1. The van der Waals surface area contributed by atoms with Gasteiger partial charge in [0.15, 0.2) is 17.8 Å². The molecule has 5 heteroatoms. The minimum atomic E-state index is -0.858. The van der Waals surface area contributed by atoms with Crippen LogP contribution in [0.3, 0.4) is 0 Å². The van der Waals surface area contributed by atoms with Crippen molar-refractivity contribution in [1.82, 2.24) is 0 Å². The smallest absolute Gasteiger partial charge is 0.374 e. The number of benzene rings is 3. The molecule has 0 aliphatic carbocycles. The van der Waals surface area contributed by atoms with E-state index in [0.29, 0.717) is 16.5 Å². The number of carbonyl (C=O) groups is 2. The van der Waals surface area contributed by atoms with Crippen molar-refractivity contribution in [2.45, 2.75) is 6.92 Å². The summed E-state index contributed by atoms with van der Waals surface area (Å²) in [6.45, 7) is 1.41. The van der Waals surface area contributed by atoms with E-state index in [9.17, 15) is 14.4 Å². The van der Waals surface area contributed by atoms with Crippen molar-refractivity contribution in [2.24, 2.45) is 0 Å². The number of fused-ring (bicyclic) bond motifs is 1. The Kier molecular flexibility index (Phi) is 5.26. The molecule has 0 aliphatic rings. The van der Waals surface area contributed by atoms with Crippen molar-refractivity contribution in [3.8, 4) is 11.1 Å². The van der Waals surface area contributed by atoms with Crippen LogP contribution in [0.4, 0.5) is 0 Å². The van der Waals surface area contributed by atoms with Crippen LogP contribution >= 0.6 is 0 Å². The first-order valence-electron chi connectivity index (χ1n) is 9.41. The largest absolute Gasteiger partial charge is 0.451 e. The third-order valence-corrected chi connectivity index (χ3v) is 4.73. The molecule has 0 radical (unpaired) electrons. The first-order valence-corrected chi connectivity index (χ1v) is 9.41. The number of hydrogen-bond donors (Lipinski definition) is 0. The molecular formula is C25H18O5. The topological polar surface area (TPSA) is 73.6 Å². The molecule has 5 nitrogen and oxygen atoms in total. The third-order valence-electron chi connectivity index (χ3n) is 4.73. The van der Waals surface area contributed by atoms with Gasteiger partial charge < -0.3 is 9.15 Å². The van der Waals surface area contributed by atoms with E-state index in [4.69, 9.17) is 9.15 Å². The molecule has 148 valence electrons. The van der Waals surface area contributed by atoms with Crippen molar-refractivity contribution in [3.05, 3.63) is 106 Å². The Hall–Kier alpha value is -3.99. The maximum Gasteiger partial charge on any atom is 0.374 e. The Morgan fingerprint density at radius 1 is 0.867 bits per heavy atom. The average Bonchev–Trinajstić information content (AvgIpc) is 2.78. The van der Waals surface area contributed by atoms with Gasteiger partial charge in [-0.05, 0) is 30.2 Å². The lowest BCUT2D eigenvalue weighted by atomic mass is 10.0. The lowest BCUT2D eigenvalue weighted by Gasteiger charge is -2.06. The lowest BCUT2D eigenvalue weighted by molar-refractivity contribution is 0.0444.